The van der Waals surface area contributed by atoms with Crippen molar-refractivity contribution in [3.05, 3.63) is 58.2 Å². The van der Waals surface area contributed by atoms with Gasteiger partial charge < -0.3 is 9.72 Å². The zero-order valence-corrected chi connectivity index (χ0v) is 13.3. The summed E-state index contributed by atoms with van der Waals surface area (Å²) < 4.78 is 5.91. The first kappa shape index (κ1) is 14.0. The monoisotopic (exact) mass is 330 g/mol. The van der Waals surface area contributed by atoms with E-state index in [1.165, 1.54) is 30.2 Å². The van der Waals surface area contributed by atoms with Crippen molar-refractivity contribution in [1.82, 2.24) is 4.98 Å². The van der Waals surface area contributed by atoms with Gasteiger partial charge in [0.2, 0.25) is 0 Å². The van der Waals surface area contributed by atoms with Gasteiger partial charge in [-0.3, -0.25) is 0 Å². The van der Waals surface area contributed by atoms with E-state index in [0.717, 1.165) is 11.3 Å². The van der Waals surface area contributed by atoms with E-state index in [1.807, 2.05) is 12.1 Å². The summed E-state index contributed by atoms with van der Waals surface area (Å²) in [4.78, 5) is 3.34. The Morgan fingerprint density at radius 1 is 1.14 bits per heavy atom. The molecule has 0 atom stereocenters. The fourth-order valence-corrected chi connectivity index (χ4v) is 3.35. The average Bonchev–Trinajstić information content (AvgIpc) is 2.85. The molecule has 0 amide bonds. The number of rotatable bonds is 3. The summed E-state index contributed by atoms with van der Waals surface area (Å²) in [5.41, 5.74) is 2.51. The molecule has 1 N–H and O–H groups in total. The highest BCUT2D eigenvalue weighted by Gasteiger charge is 2.22. The van der Waals surface area contributed by atoms with Crippen LogP contribution in [0.5, 0.6) is 11.5 Å². The third-order valence-corrected chi connectivity index (χ3v) is 4.87. The SMILES string of the molecule is Clc1c[c]cc(Cl)c1Oc1ccc2[nH]cc(C3CCC3)c2c1. The molecule has 3 aromatic rings. The molecule has 1 aliphatic rings. The van der Waals surface area contributed by atoms with E-state index < -0.39 is 0 Å². The molecule has 4 heteroatoms. The van der Waals surface area contributed by atoms with E-state index in [1.54, 1.807) is 12.1 Å². The van der Waals surface area contributed by atoms with Crippen LogP contribution < -0.4 is 4.74 Å². The van der Waals surface area contributed by atoms with Gasteiger partial charge in [0.25, 0.3) is 0 Å². The van der Waals surface area contributed by atoms with Crippen LogP contribution in [0, 0.1) is 6.07 Å². The molecule has 1 fully saturated rings. The zero-order valence-electron chi connectivity index (χ0n) is 11.8. The number of nitrogens with one attached hydrogen (secondary N) is 1. The number of benzene rings is 2. The minimum Gasteiger partial charge on any atom is -0.454 e. The molecule has 2 aromatic carbocycles. The lowest BCUT2D eigenvalue weighted by molar-refractivity contribution is 0.422. The van der Waals surface area contributed by atoms with Crippen LogP contribution in [0.2, 0.25) is 10.0 Å². The molecule has 4 rings (SSSR count). The number of ether oxygens (including phenoxy) is 1. The van der Waals surface area contributed by atoms with Crippen molar-refractivity contribution in [2.24, 2.45) is 0 Å². The summed E-state index contributed by atoms with van der Waals surface area (Å²) in [6.45, 7) is 0. The molecule has 0 aliphatic heterocycles. The number of H-pyrrole nitrogens is 1. The van der Waals surface area contributed by atoms with E-state index in [-0.39, 0.29) is 0 Å². The number of halogens is 2. The van der Waals surface area contributed by atoms with Gasteiger partial charge in [-0.1, -0.05) is 29.6 Å². The molecule has 0 unspecified atom stereocenters. The minimum atomic E-state index is 0.459. The summed E-state index contributed by atoms with van der Waals surface area (Å²) in [5.74, 6) is 1.88. The van der Waals surface area contributed by atoms with Gasteiger partial charge in [0, 0.05) is 17.1 Å². The Hall–Kier alpha value is -1.64. The second-order valence-corrected chi connectivity index (χ2v) is 6.48. The van der Waals surface area contributed by atoms with Gasteiger partial charge in [-0.2, -0.15) is 0 Å². The minimum absolute atomic E-state index is 0.459. The van der Waals surface area contributed by atoms with E-state index in [4.69, 9.17) is 27.9 Å². The van der Waals surface area contributed by atoms with Gasteiger partial charge in [-0.25, -0.2) is 0 Å². The molecule has 0 bridgehead atoms. The Kier molecular flexibility index (Phi) is 3.51. The molecule has 111 valence electrons. The maximum Gasteiger partial charge on any atom is 0.164 e. The van der Waals surface area contributed by atoms with E-state index in [0.29, 0.717) is 21.7 Å². The van der Waals surface area contributed by atoms with Crippen LogP contribution in [0.3, 0.4) is 0 Å². The second kappa shape index (κ2) is 5.53. The maximum absolute atomic E-state index is 6.14. The van der Waals surface area contributed by atoms with E-state index in [9.17, 15) is 0 Å². The number of hydrogen-bond donors (Lipinski definition) is 1. The topological polar surface area (TPSA) is 25.0 Å². The Morgan fingerprint density at radius 3 is 2.59 bits per heavy atom. The normalized spacial score (nSPS) is 15.0. The summed E-state index contributed by atoms with van der Waals surface area (Å²) in [6.07, 6.45) is 5.98. The van der Waals surface area contributed by atoms with Crippen LogP contribution in [-0.2, 0) is 0 Å². The molecule has 22 heavy (non-hydrogen) atoms. The summed E-state index contributed by atoms with van der Waals surface area (Å²) >= 11 is 12.3. The quantitative estimate of drug-likeness (QED) is 0.595. The molecule has 0 saturated heterocycles. The van der Waals surface area contributed by atoms with Gasteiger partial charge in [-0.15, -0.1) is 0 Å². The van der Waals surface area contributed by atoms with Gasteiger partial charge in [0.15, 0.2) is 5.75 Å². The highest BCUT2D eigenvalue weighted by Crippen LogP contribution is 2.41. The third kappa shape index (κ3) is 2.37. The molecule has 2 nitrogen and oxygen atoms in total. The zero-order chi connectivity index (χ0) is 15.1. The molecule has 1 radical (unpaired) electrons. The number of fused-ring (bicyclic) bond motifs is 1. The molecule has 1 aliphatic carbocycles. The van der Waals surface area contributed by atoms with Crippen LogP contribution in [0.25, 0.3) is 10.9 Å². The third-order valence-electron chi connectivity index (χ3n) is 4.30. The number of hydrogen-bond acceptors (Lipinski definition) is 1. The average molecular weight is 331 g/mol. The number of aromatic nitrogens is 1. The molecule has 1 saturated carbocycles. The molecule has 1 heterocycles. The smallest absolute Gasteiger partial charge is 0.164 e. The summed E-state index contributed by atoms with van der Waals surface area (Å²) in [5, 5.41) is 2.14. The van der Waals surface area contributed by atoms with Crippen molar-refractivity contribution in [2.45, 2.75) is 25.2 Å². The predicted molar refractivity (Wildman–Crippen MR) is 90.3 cm³/mol. The molecule has 1 aromatic heterocycles. The number of aromatic amines is 1. The van der Waals surface area contributed by atoms with Gasteiger partial charge in [0.1, 0.15) is 5.75 Å². The van der Waals surface area contributed by atoms with E-state index in [2.05, 4.69) is 23.3 Å². The highest BCUT2D eigenvalue weighted by molar-refractivity contribution is 6.37. The first-order chi connectivity index (χ1) is 10.7. The first-order valence-corrected chi connectivity index (χ1v) is 8.12. The molecular weight excluding hydrogens is 317 g/mol. The summed E-state index contributed by atoms with van der Waals surface area (Å²) in [7, 11) is 0. The lowest BCUT2D eigenvalue weighted by Crippen LogP contribution is -2.07. The van der Waals surface area contributed by atoms with Crippen molar-refractivity contribution < 1.29 is 4.74 Å². The maximum atomic E-state index is 6.14. The fourth-order valence-electron chi connectivity index (χ4n) is 2.89. The van der Waals surface area contributed by atoms with Gasteiger partial charge >= 0.3 is 0 Å². The second-order valence-electron chi connectivity index (χ2n) is 5.66. The Balaban J connectivity index is 1.73. The van der Waals surface area contributed by atoms with Crippen molar-refractivity contribution in [3.8, 4) is 11.5 Å². The van der Waals surface area contributed by atoms with Crippen molar-refractivity contribution >= 4 is 34.1 Å². The van der Waals surface area contributed by atoms with Crippen LogP contribution in [0.1, 0.15) is 30.7 Å². The fraction of sp³-hybridized carbons (Fsp3) is 0.222. The van der Waals surface area contributed by atoms with Crippen molar-refractivity contribution in [3.63, 3.8) is 0 Å². The Labute approximate surface area is 139 Å². The largest absolute Gasteiger partial charge is 0.454 e. The van der Waals surface area contributed by atoms with Gasteiger partial charge in [0.05, 0.1) is 10.0 Å². The van der Waals surface area contributed by atoms with Crippen LogP contribution in [-0.4, -0.2) is 4.98 Å². The lowest BCUT2D eigenvalue weighted by atomic mass is 9.80. The first-order valence-electron chi connectivity index (χ1n) is 7.36. The lowest BCUT2D eigenvalue weighted by Gasteiger charge is -2.25. The van der Waals surface area contributed by atoms with E-state index >= 15 is 0 Å². The molecular formula is C18H14Cl2NO. The van der Waals surface area contributed by atoms with Crippen LogP contribution >= 0.6 is 23.2 Å². The standard InChI is InChI=1S/C18H14Cl2NO/c19-15-5-2-6-16(20)18(15)22-12-7-8-17-13(9-12)14(10-21-17)11-3-1-4-11/h5-11,21H,1,3-4H2. The van der Waals surface area contributed by atoms with Crippen LogP contribution in [0.4, 0.5) is 0 Å². The summed E-state index contributed by atoms with van der Waals surface area (Å²) in [6, 6.07) is 12.2. The highest BCUT2D eigenvalue weighted by atomic mass is 35.5. The van der Waals surface area contributed by atoms with Crippen LogP contribution in [0.15, 0.2) is 36.5 Å². The van der Waals surface area contributed by atoms with Crippen molar-refractivity contribution in [1.29, 1.82) is 0 Å². The predicted octanol–water partition coefficient (Wildman–Crippen LogP) is 6.33. The van der Waals surface area contributed by atoms with Crippen molar-refractivity contribution in [2.75, 3.05) is 0 Å². The van der Waals surface area contributed by atoms with Gasteiger partial charge in [-0.05, 0) is 60.7 Å². The molecule has 0 spiro atoms. The Bertz CT molecular complexity index is 816. The Morgan fingerprint density at radius 2 is 1.91 bits per heavy atom.